The van der Waals surface area contributed by atoms with Crippen LogP contribution in [0, 0.1) is 20.8 Å². The Hall–Kier alpha value is -0.570. The molecule has 0 radical (unpaired) electrons. The van der Waals surface area contributed by atoms with Crippen LogP contribution >= 0.6 is 12.4 Å². The maximum absolute atomic E-state index is 5.69. The van der Waals surface area contributed by atoms with Gasteiger partial charge < -0.3 is 5.73 Å². The van der Waals surface area contributed by atoms with Crippen LogP contribution in [0.15, 0.2) is 12.1 Å². The van der Waals surface area contributed by atoms with Crippen molar-refractivity contribution in [3.63, 3.8) is 0 Å². The number of hydrogen-bond acceptors (Lipinski definition) is 2. The maximum atomic E-state index is 5.69. The molecule has 17 heavy (non-hydrogen) atoms. The van der Waals surface area contributed by atoms with Crippen molar-refractivity contribution in [3.05, 3.63) is 34.4 Å². The molecule has 1 rings (SSSR count). The molecule has 98 valence electrons. The number of hydrogen-bond donors (Lipinski definition) is 1. The third-order valence-electron chi connectivity index (χ3n) is 3.34. The molecule has 2 nitrogen and oxygen atoms in total. The molecule has 0 bridgehead atoms. The molecule has 0 aliphatic heterocycles. The molecule has 0 aliphatic rings. The molecule has 0 aliphatic carbocycles. The topological polar surface area (TPSA) is 29.3 Å². The highest BCUT2D eigenvalue weighted by molar-refractivity contribution is 5.85. The Morgan fingerprint density at radius 1 is 1.18 bits per heavy atom. The zero-order valence-corrected chi connectivity index (χ0v) is 12.4. The predicted octanol–water partition coefficient (Wildman–Crippen LogP) is 2.81. The highest BCUT2D eigenvalue weighted by Gasteiger charge is 2.11. The van der Waals surface area contributed by atoms with E-state index in [1.54, 1.807) is 0 Å². The van der Waals surface area contributed by atoms with E-state index in [4.69, 9.17) is 5.73 Å². The van der Waals surface area contributed by atoms with Gasteiger partial charge in [-0.1, -0.05) is 17.7 Å². The third kappa shape index (κ3) is 4.30. The number of benzene rings is 1. The molecule has 0 heterocycles. The SMILES string of the molecule is Cc1cc(C)c(CN(C)C(C)CN)c(C)c1.Cl. The molecule has 0 spiro atoms. The highest BCUT2D eigenvalue weighted by Crippen LogP contribution is 2.18. The van der Waals surface area contributed by atoms with Gasteiger partial charge in [-0.2, -0.15) is 0 Å². The van der Waals surface area contributed by atoms with Crippen LogP contribution < -0.4 is 5.73 Å². The molecule has 1 aromatic rings. The van der Waals surface area contributed by atoms with E-state index in [1.165, 1.54) is 22.3 Å². The lowest BCUT2D eigenvalue weighted by atomic mass is 9.99. The van der Waals surface area contributed by atoms with Crippen LogP contribution in [-0.2, 0) is 6.54 Å². The van der Waals surface area contributed by atoms with Gasteiger partial charge in [0.1, 0.15) is 0 Å². The summed E-state index contributed by atoms with van der Waals surface area (Å²) in [4.78, 5) is 2.31. The van der Waals surface area contributed by atoms with Gasteiger partial charge in [-0.15, -0.1) is 12.4 Å². The average molecular weight is 257 g/mol. The minimum atomic E-state index is 0. The van der Waals surface area contributed by atoms with Crippen molar-refractivity contribution in [2.24, 2.45) is 5.73 Å². The molecule has 0 saturated carbocycles. The van der Waals surface area contributed by atoms with Crippen LogP contribution in [0.5, 0.6) is 0 Å². The summed E-state index contributed by atoms with van der Waals surface area (Å²) in [6.07, 6.45) is 0. The minimum Gasteiger partial charge on any atom is -0.329 e. The Kier molecular flexibility index (Phi) is 6.76. The van der Waals surface area contributed by atoms with Gasteiger partial charge in [-0.05, 0) is 51.4 Å². The number of likely N-dealkylation sites (N-methyl/N-ethyl adjacent to an activating group) is 1. The van der Waals surface area contributed by atoms with Crippen LogP contribution in [0.4, 0.5) is 0 Å². The van der Waals surface area contributed by atoms with E-state index in [0.29, 0.717) is 12.6 Å². The van der Waals surface area contributed by atoms with Crippen LogP contribution in [0.3, 0.4) is 0 Å². The molecule has 1 aromatic carbocycles. The number of halogens is 1. The van der Waals surface area contributed by atoms with Crippen LogP contribution in [0.2, 0.25) is 0 Å². The summed E-state index contributed by atoms with van der Waals surface area (Å²) < 4.78 is 0. The lowest BCUT2D eigenvalue weighted by Gasteiger charge is -2.25. The van der Waals surface area contributed by atoms with Gasteiger partial charge >= 0.3 is 0 Å². The Bertz CT molecular complexity index is 340. The predicted molar refractivity (Wildman–Crippen MR) is 77.9 cm³/mol. The van der Waals surface area contributed by atoms with Crippen molar-refractivity contribution < 1.29 is 0 Å². The van der Waals surface area contributed by atoms with Crippen molar-refractivity contribution in [1.82, 2.24) is 4.90 Å². The zero-order chi connectivity index (χ0) is 12.3. The van der Waals surface area contributed by atoms with Crippen molar-refractivity contribution >= 4 is 12.4 Å². The molecule has 1 atom stereocenters. The molecule has 1 unspecified atom stereocenters. The smallest absolute Gasteiger partial charge is 0.0239 e. The van der Waals surface area contributed by atoms with Gasteiger partial charge in [0.05, 0.1) is 0 Å². The lowest BCUT2D eigenvalue weighted by Crippen LogP contribution is -2.35. The molecule has 3 heteroatoms. The summed E-state index contributed by atoms with van der Waals surface area (Å²) in [6.45, 7) is 10.4. The maximum Gasteiger partial charge on any atom is 0.0239 e. The molecule has 0 saturated heterocycles. The van der Waals surface area contributed by atoms with E-state index < -0.39 is 0 Å². The van der Waals surface area contributed by atoms with Gasteiger partial charge in [0.2, 0.25) is 0 Å². The summed E-state index contributed by atoms with van der Waals surface area (Å²) in [5.74, 6) is 0. The Balaban J connectivity index is 0.00000256. The summed E-state index contributed by atoms with van der Waals surface area (Å²) in [7, 11) is 2.14. The molecular formula is C14H25ClN2. The number of rotatable bonds is 4. The second-order valence-corrected chi connectivity index (χ2v) is 4.88. The number of aryl methyl sites for hydroxylation is 3. The molecular weight excluding hydrogens is 232 g/mol. The number of nitrogens with zero attached hydrogens (tertiary/aromatic N) is 1. The van der Waals surface area contributed by atoms with Gasteiger partial charge in [0.25, 0.3) is 0 Å². The molecule has 0 amide bonds. The Labute approximate surface area is 112 Å². The zero-order valence-electron chi connectivity index (χ0n) is 11.6. The summed E-state index contributed by atoms with van der Waals surface area (Å²) in [5, 5.41) is 0. The van der Waals surface area contributed by atoms with E-state index in [1.807, 2.05) is 0 Å². The number of nitrogens with two attached hydrogens (primary N) is 1. The van der Waals surface area contributed by atoms with Gasteiger partial charge in [-0.3, -0.25) is 4.90 Å². The first-order valence-corrected chi connectivity index (χ1v) is 5.92. The fraction of sp³-hybridized carbons (Fsp3) is 0.571. The second kappa shape index (κ2) is 7.00. The molecule has 0 fully saturated rings. The summed E-state index contributed by atoms with van der Waals surface area (Å²) >= 11 is 0. The summed E-state index contributed by atoms with van der Waals surface area (Å²) in [5.41, 5.74) is 11.2. The first-order chi connectivity index (χ1) is 7.45. The van der Waals surface area contributed by atoms with Gasteiger partial charge in [0.15, 0.2) is 0 Å². The molecule has 2 N–H and O–H groups in total. The van der Waals surface area contributed by atoms with Crippen molar-refractivity contribution in [2.75, 3.05) is 13.6 Å². The Morgan fingerprint density at radius 2 is 1.65 bits per heavy atom. The van der Waals surface area contributed by atoms with E-state index in [0.717, 1.165) is 6.54 Å². The first-order valence-electron chi connectivity index (χ1n) is 5.92. The van der Waals surface area contributed by atoms with E-state index in [2.05, 4.69) is 51.8 Å². The fourth-order valence-electron chi connectivity index (χ4n) is 2.04. The minimum absolute atomic E-state index is 0. The lowest BCUT2D eigenvalue weighted by molar-refractivity contribution is 0.254. The van der Waals surface area contributed by atoms with Crippen molar-refractivity contribution in [1.29, 1.82) is 0 Å². The van der Waals surface area contributed by atoms with E-state index in [-0.39, 0.29) is 12.4 Å². The largest absolute Gasteiger partial charge is 0.329 e. The third-order valence-corrected chi connectivity index (χ3v) is 3.34. The molecule has 0 aromatic heterocycles. The fourth-order valence-corrected chi connectivity index (χ4v) is 2.04. The Morgan fingerprint density at radius 3 is 2.06 bits per heavy atom. The summed E-state index contributed by atoms with van der Waals surface area (Å²) in [6, 6.07) is 4.94. The van der Waals surface area contributed by atoms with Crippen LogP contribution in [0.1, 0.15) is 29.2 Å². The monoisotopic (exact) mass is 256 g/mol. The van der Waals surface area contributed by atoms with Crippen molar-refractivity contribution in [2.45, 2.75) is 40.3 Å². The van der Waals surface area contributed by atoms with Gasteiger partial charge in [-0.25, -0.2) is 0 Å². The van der Waals surface area contributed by atoms with Crippen LogP contribution in [-0.4, -0.2) is 24.5 Å². The average Bonchev–Trinajstić information content (AvgIpc) is 2.21. The second-order valence-electron chi connectivity index (χ2n) is 4.88. The first kappa shape index (κ1) is 16.4. The van der Waals surface area contributed by atoms with E-state index in [9.17, 15) is 0 Å². The quantitative estimate of drug-likeness (QED) is 0.898. The van der Waals surface area contributed by atoms with Crippen molar-refractivity contribution in [3.8, 4) is 0 Å². The van der Waals surface area contributed by atoms with E-state index >= 15 is 0 Å². The van der Waals surface area contributed by atoms with Crippen LogP contribution in [0.25, 0.3) is 0 Å². The highest BCUT2D eigenvalue weighted by atomic mass is 35.5. The van der Waals surface area contributed by atoms with Gasteiger partial charge in [0, 0.05) is 19.1 Å². The normalized spacial score (nSPS) is 12.4. The standard InChI is InChI=1S/C14H24N2.ClH/c1-10-6-11(2)14(12(3)7-10)9-16(5)13(4)8-15;/h6-7,13H,8-9,15H2,1-5H3;1H.